The third kappa shape index (κ3) is 3.81. The molecule has 1 aliphatic rings. The zero-order valence-electron chi connectivity index (χ0n) is 11.3. The molecule has 7 heteroatoms. The van der Waals surface area contributed by atoms with Gasteiger partial charge in [-0.2, -0.15) is 5.10 Å². The fourth-order valence-electron chi connectivity index (χ4n) is 2.14. The number of anilines is 1. The molecule has 1 unspecified atom stereocenters. The quantitative estimate of drug-likeness (QED) is 0.801. The highest BCUT2D eigenvalue weighted by atomic mass is 35.5. The lowest BCUT2D eigenvalue weighted by Gasteiger charge is -2.22. The highest BCUT2D eigenvalue weighted by molar-refractivity contribution is 5.95. The van der Waals surface area contributed by atoms with Gasteiger partial charge in [-0.1, -0.05) is 12.1 Å². The number of amides is 1. The van der Waals surface area contributed by atoms with Crippen LogP contribution in [0.3, 0.4) is 0 Å². The van der Waals surface area contributed by atoms with Gasteiger partial charge < -0.3 is 15.4 Å². The summed E-state index contributed by atoms with van der Waals surface area (Å²) < 4.78 is 5.29. The molecule has 3 rings (SSSR count). The smallest absolute Gasteiger partial charge is 0.243 e. The van der Waals surface area contributed by atoms with Gasteiger partial charge in [0.1, 0.15) is 6.04 Å². The molecular formula is C14H17ClN4O2. The van der Waals surface area contributed by atoms with Crippen molar-refractivity contribution >= 4 is 24.0 Å². The van der Waals surface area contributed by atoms with Crippen LogP contribution in [-0.4, -0.2) is 41.9 Å². The fourth-order valence-corrected chi connectivity index (χ4v) is 2.14. The topological polar surface area (TPSA) is 79.0 Å². The second-order valence-corrected chi connectivity index (χ2v) is 4.62. The lowest BCUT2D eigenvalue weighted by atomic mass is 10.1. The number of benzene rings is 1. The number of nitrogens with one attached hydrogen (secondary N) is 3. The molecule has 21 heavy (non-hydrogen) atoms. The van der Waals surface area contributed by atoms with E-state index in [1.807, 2.05) is 30.3 Å². The van der Waals surface area contributed by atoms with Crippen LogP contribution in [0.5, 0.6) is 0 Å². The first kappa shape index (κ1) is 15.5. The molecule has 0 radical (unpaired) electrons. The van der Waals surface area contributed by atoms with Crippen LogP contribution in [0.15, 0.2) is 36.5 Å². The van der Waals surface area contributed by atoms with E-state index in [1.165, 1.54) is 0 Å². The number of ether oxygens (including phenoxy) is 1. The number of carbonyl (C=O) groups excluding carboxylic acids is 1. The molecule has 1 atom stereocenters. The van der Waals surface area contributed by atoms with E-state index < -0.39 is 0 Å². The zero-order chi connectivity index (χ0) is 13.8. The lowest BCUT2D eigenvalue weighted by molar-refractivity contribution is -0.120. The molecule has 1 saturated heterocycles. The van der Waals surface area contributed by atoms with Gasteiger partial charge in [-0.15, -0.1) is 12.4 Å². The van der Waals surface area contributed by atoms with Gasteiger partial charge in [0.15, 0.2) is 0 Å². The number of hydrogen-bond acceptors (Lipinski definition) is 4. The molecule has 2 heterocycles. The van der Waals surface area contributed by atoms with E-state index in [0.717, 1.165) is 16.9 Å². The predicted octanol–water partition coefficient (Wildman–Crippen LogP) is 1.43. The van der Waals surface area contributed by atoms with E-state index in [1.54, 1.807) is 6.20 Å². The summed E-state index contributed by atoms with van der Waals surface area (Å²) in [5, 5.41) is 12.9. The van der Waals surface area contributed by atoms with Crippen LogP contribution >= 0.6 is 12.4 Å². The summed E-state index contributed by atoms with van der Waals surface area (Å²) in [7, 11) is 0. The van der Waals surface area contributed by atoms with E-state index in [9.17, 15) is 4.79 Å². The van der Waals surface area contributed by atoms with Gasteiger partial charge in [-0.05, 0) is 18.2 Å². The van der Waals surface area contributed by atoms with Crippen LogP contribution in [0.2, 0.25) is 0 Å². The molecular weight excluding hydrogens is 292 g/mol. The number of halogens is 1. The number of morpholine rings is 1. The van der Waals surface area contributed by atoms with Crippen LogP contribution in [0.1, 0.15) is 0 Å². The maximum Gasteiger partial charge on any atom is 0.243 e. The molecule has 1 amide bonds. The van der Waals surface area contributed by atoms with Gasteiger partial charge in [0, 0.05) is 24.0 Å². The van der Waals surface area contributed by atoms with Crippen LogP contribution in [-0.2, 0) is 9.53 Å². The van der Waals surface area contributed by atoms with Gasteiger partial charge in [-0.25, -0.2) is 0 Å². The Hall–Kier alpha value is -1.89. The average molecular weight is 309 g/mol. The fraction of sp³-hybridized carbons (Fsp3) is 0.286. The summed E-state index contributed by atoms with van der Waals surface area (Å²) in [6.07, 6.45) is 1.70. The van der Waals surface area contributed by atoms with Crippen molar-refractivity contribution in [1.29, 1.82) is 0 Å². The Morgan fingerprint density at radius 3 is 3.00 bits per heavy atom. The largest absolute Gasteiger partial charge is 0.378 e. The average Bonchev–Trinajstić information content (AvgIpc) is 3.03. The highest BCUT2D eigenvalue weighted by Gasteiger charge is 2.21. The van der Waals surface area contributed by atoms with Crippen molar-refractivity contribution in [3.8, 4) is 11.3 Å². The van der Waals surface area contributed by atoms with E-state index in [2.05, 4.69) is 20.8 Å². The predicted molar refractivity (Wildman–Crippen MR) is 82.5 cm³/mol. The number of H-pyrrole nitrogens is 1. The molecule has 1 fully saturated rings. The number of hydrogen-bond donors (Lipinski definition) is 3. The number of nitrogens with zero attached hydrogens (tertiary/aromatic N) is 1. The third-order valence-corrected chi connectivity index (χ3v) is 3.18. The normalized spacial score (nSPS) is 17.8. The van der Waals surface area contributed by atoms with Crippen molar-refractivity contribution in [3.05, 3.63) is 36.5 Å². The van der Waals surface area contributed by atoms with Crippen molar-refractivity contribution in [2.75, 3.05) is 25.1 Å². The second-order valence-electron chi connectivity index (χ2n) is 4.62. The Kier molecular flexibility index (Phi) is 5.32. The van der Waals surface area contributed by atoms with Crippen molar-refractivity contribution < 1.29 is 9.53 Å². The molecule has 0 saturated carbocycles. The molecule has 0 spiro atoms. The van der Waals surface area contributed by atoms with Crippen molar-refractivity contribution in [2.45, 2.75) is 6.04 Å². The number of aromatic nitrogens is 2. The molecule has 0 bridgehead atoms. The van der Waals surface area contributed by atoms with Crippen molar-refractivity contribution in [2.24, 2.45) is 0 Å². The first-order valence-corrected chi connectivity index (χ1v) is 6.55. The maximum absolute atomic E-state index is 12.1. The SMILES string of the molecule is Cl.O=C(Nc1cccc(-c2ccn[nH]2)c1)C1COCCN1. The molecule has 6 nitrogen and oxygen atoms in total. The first-order chi connectivity index (χ1) is 9.83. The molecule has 1 aliphatic heterocycles. The van der Waals surface area contributed by atoms with Crippen LogP contribution in [0.25, 0.3) is 11.3 Å². The summed E-state index contributed by atoms with van der Waals surface area (Å²) in [5.41, 5.74) is 2.66. The minimum Gasteiger partial charge on any atom is -0.378 e. The van der Waals surface area contributed by atoms with E-state index in [0.29, 0.717) is 19.8 Å². The monoisotopic (exact) mass is 308 g/mol. The molecule has 2 aromatic rings. The Morgan fingerprint density at radius 1 is 1.38 bits per heavy atom. The van der Waals surface area contributed by atoms with Crippen molar-refractivity contribution in [3.63, 3.8) is 0 Å². The number of rotatable bonds is 3. The minimum atomic E-state index is -0.292. The number of aromatic amines is 1. The first-order valence-electron chi connectivity index (χ1n) is 6.55. The van der Waals surface area contributed by atoms with E-state index in [-0.39, 0.29) is 24.4 Å². The number of carbonyl (C=O) groups is 1. The molecule has 1 aromatic carbocycles. The minimum absolute atomic E-state index is 0. The van der Waals surface area contributed by atoms with Crippen molar-refractivity contribution in [1.82, 2.24) is 15.5 Å². The lowest BCUT2D eigenvalue weighted by Crippen LogP contribution is -2.48. The molecule has 0 aliphatic carbocycles. The Balaban J connectivity index is 0.00000161. The van der Waals surface area contributed by atoms with Gasteiger partial charge in [-0.3, -0.25) is 9.89 Å². The van der Waals surface area contributed by atoms with Gasteiger partial charge >= 0.3 is 0 Å². The third-order valence-electron chi connectivity index (χ3n) is 3.18. The zero-order valence-corrected chi connectivity index (χ0v) is 12.2. The molecule has 1 aromatic heterocycles. The molecule has 112 valence electrons. The van der Waals surface area contributed by atoms with Crippen LogP contribution < -0.4 is 10.6 Å². The van der Waals surface area contributed by atoms with Gasteiger partial charge in [0.25, 0.3) is 0 Å². The summed E-state index contributed by atoms with van der Waals surface area (Å²) in [5.74, 6) is -0.0774. The second kappa shape index (κ2) is 7.21. The Morgan fingerprint density at radius 2 is 2.29 bits per heavy atom. The summed E-state index contributed by atoms with van der Waals surface area (Å²) in [6, 6.07) is 9.23. The Bertz CT molecular complexity index is 582. The standard InChI is InChI=1S/C14H16N4O2.ClH/c19-14(13-9-20-7-6-15-13)17-11-3-1-2-10(8-11)12-4-5-16-18-12;/h1-5,8,13,15H,6-7,9H2,(H,16,18)(H,17,19);1H. The summed E-state index contributed by atoms with van der Waals surface area (Å²) in [6.45, 7) is 1.76. The van der Waals surface area contributed by atoms with Gasteiger partial charge in [0.2, 0.25) is 5.91 Å². The van der Waals surface area contributed by atoms with Crippen LogP contribution in [0.4, 0.5) is 5.69 Å². The summed E-state index contributed by atoms with van der Waals surface area (Å²) in [4.78, 5) is 12.1. The molecule has 3 N–H and O–H groups in total. The highest BCUT2D eigenvalue weighted by Crippen LogP contribution is 2.20. The summed E-state index contributed by atoms with van der Waals surface area (Å²) >= 11 is 0. The maximum atomic E-state index is 12.1. The van der Waals surface area contributed by atoms with Gasteiger partial charge in [0.05, 0.1) is 18.9 Å². The van der Waals surface area contributed by atoms with E-state index >= 15 is 0 Å². The Labute approximate surface area is 128 Å². The van der Waals surface area contributed by atoms with Crippen LogP contribution in [0, 0.1) is 0 Å². The van der Waals surface area contributed by atoms with E-state index in [4.69, 9.17) is 4.74 Å².